The van der Waals surface area contributed by atoms with Gasteiger partial charge in [-0.15, -0.1) is 0 Å². The number of para-hydroxylation sites is 1. The summed E-state index contributed by atoms with van der Waals surface area (Å²) in [4.78, 5) is 14.6. The maximum Gasteiger partial charge on any atom is 0.245 e. The van der Waals surface area contributed by atoms with Crippen molar-refractivity contribution in [2.75, 3.05) is 18.4 Å². The third-order valence-electron chi connectivity index (χ3n) is 4.55. The van der Waals surface area contributed by atoms with E-state index in [4.69, 9.17) is 0 Å². The Labute approximate surface area is 115 Å². The van der Waals surface area contributed by atoms with Gasteiger partial charge in [0, 0.05) is 25.2 Å². The van der Waals surface area contributed by atoms with Crippen LogP contribution in [-0.4, -0.2) is 29.9 Å². The normalized spacial score (nSPS) is 25.5. The Morgan fingerprint density at radius 2 is 2.16 bits per heavy atom. The summed E-state index contributed by atoms with van der Waals surface area (Å²) in [7, 11) is 0. The second-order valence-corrected chi connectivity index (χ2v) is 6.14. The Balaban J connectivity index is 1.64. The lowest BCUT2D eigenvalue weighted by molar-refractivity contribution is -0.131. The average Bonchev–Trinajstić information content (AvgIpc) is 3.04. The summed E-state index contributed by atoms with van der Waals surface area (Å²) in [5, 5.41) is 3.36. The molecule has 1 saturated heterocycles. The fourth-order valence-electron chi connectivity index (χ4n) is 3.20. The third-order valence-corrected chi connectivity index (χ3v) is 4.55. The van der Waals surface area contributed by atoms with Crippen molar-refractivity contribution in [1.29, 1.82) is 0 Å². The van der Waals surface area contributed by atoms with E-state index in [1.165, 1.54) is 5.56 Å². The first kappa shape index (κ1) is 12.5. The highest BCUT2D eigenvalue weighted by molar-refractivity contribution is 5.87. The minimum absolute atomic E-state index is 0.0525. The second kappa shape index (κ2) is 4.87. The van der Waals surface area contributed by atoms with Gasteiger partial charge < -0.3 is 10.2 Å². The molecule has 2 aliphatic heterocycles. The molecule has 1 aromatic carbocycles. The summed E-state index contributed by atoms with van der Waals surface area (Å²) in [6.45, 7) is 6.37. The van der Waals surface area contributed by atoms with Crippen LogP contribution in [0.1, 0.15) is 25.8 Å². The fourth-order valence-corrected chi connectivity index (χ4v) is 3.20. The van der Waals surface area contributed by atoms with Gasteiger partial charge >= 0.3 is 0 Å². The van der Waals surface area contributed by atoms with Gasteiger partial charge in [-0.2, -0.15) is 0 Å². The monoisotopic (exact) mass is 258 g/mol. The van der Waals surface area contributed by atoms with E-state index in [1.807, 2.05) is 17.0 Å². The van der Waals surface area contributed by atoms with E-state index in [0.29, 0.717) is 11.8 Å². The van der Waals surface area contributed by atoms with Crippen LogP contribution in [0.15, 0.2) is 24.3 Å². The topological polar surface area (TPSA) is 32.3 Å². The second-order valence-electron chi connectivity index (χ2n) is 6.14. The number of amides is 1. The number of carbonyl (C=O) groups excluding carboxylic acids is 1. The Morgan fingerprint density at radius 1 is 1.37 bits per heavy atom. The largest absolute Gasteiger partial charge is 0.373 e. The standard InChI is InChI=1S/C16H22N2O/c1-11(2)13-7-8-18(10-13)16(19)15-9-12-5-3-4-6-14(12)17-15/h3-6,11,13,15,17H,7-10H2,1-2H3. The van der Waals surface area contributed by atoms with E-state index >= 15 is 0 Å². The molecule has 102 valence electrons. The average molecular weight is 258 g/mol. The van der Waals surface area contributed by atoms with E-state index in [9.17, 15) is 4.79 Å². The Hall–Kier alpha value is -1.51. The van der Waals surface area contributed by atoms with Crippen LogP contribution in [0, 0.1) is 11.8 Å². The first-order valence-electron chi connectivity index (χ1n) is 7.28. The number of hydrogen-bond donors (Lipinski definition) is 1. The summed E-state index contributed by atoms with van der Waals surface area (Å²) < 4.78 is 0. The highest BCUT2D eigenvalue weighted by Gasteiger charge is 2.34. The van der Waals surface area contributed by atoms with Crippen molar-refractivity contribution in [3.8, 4) is 0 Å². The van der Waals surface area contributed by atoms with Gasteiger partial charge in [0.1, 0.15) is 6.04 Å². The van der Waals surface area contributed by atoms with Gasteiger partial charge in [0.05, 0.1) is 0 Å². The third kappa shape index (κ3) is 2.34. The predicted molar refractivity (Wildman–Crippen MR) is 77.1 cm³/mol. The van der Waals surface area contributed by atoms with E-state index in [-0.39, 0.29) is 11.9 Å². The van der Waals surface area contributed by atoms with E-state index in [2.05, 4.69) is 31.3 Å². The number of carbonyl (C=O) groups is 1. The first-order valence-corrected chi connectivity index (χ1v) is 7.28. The lowest BCUT2D eigenvalue weighted by Gasteiger charge is -2.22. The zero-order valence-corrected chi connectivity index (χ0v) is 11.7. The van der Waals surface area contributed by atoms with Crippen molar-refractivity contribution < 1.29 is 4.79 Å². The zero-order valence-electron chi connectivity index (χ0n) is 11.7. The van der Waals surface area contributed by atoms with Gasteiger partial charge in [0.2, 0.25) is 5.91 Å². The van der Waals surface area contributed by atoms with Gasteiger partial charge in [-0.05, 0) is 29.9 Å². The summed E-state index contributed by atoms with van der Waals surface area (Å²) in [6.07, 6.45) is 1.99. The molecule has 0 aromatic heterocycles. The van der Waals surface area contributed by atoms with Crippen LogP contribution in [0.3, 0.4) is 0 Å². The minimum Gasteiger partial charge on any atom is -0.373 e. The molecule has 0 saturated carbocycles. The summed E-state index contributed by atoms with van der Waals surface area (Å²) >= 11 is 0. The molecule has 19 heavy (non-hydrogen) atoms. The maximum atomic E-state index is 12.5. The van der Waals surface area contributed by atoms with Crippen LogP contribution in [0.5, 0.6) is 0 Å². The number of anilines is 1. The highest BCUT2D eigenvalue weighted by Crippen LogP contribution is 2.29. The molecule has 2 unspecified atom stereocenters. The number of benzene rings is 1. The molecular formula is C16H22N2O. The van der Waals surface area contributed by atoms with Gasteiger partial charge in [-0.1, -0.05) is 32.0 Å². The Kier molecular flexibility index (Phi) is 3.21. The molecule has 1 N–H and O–H groups in total. The van der Waals surface area contributed by atoms with Crippen LogP contribution in [0.4, 0.5) is 5.69 Å². The maximum absolute atomic E-state index is 12.5. The van der Waals surface area contributed by atoms with Crippen molar-refractivity contribution in [1.82, 2.24) is 4.90 Å². The van der Waals surface area contributed by atoms with Gasteiger partial charge in [-0.3, -0.25) is 4.79 Å². The molecule has 3 nitrogen and oxygen atoms in total. The van der Waals surface area contributed by atoms with Gasteiger partial charge in [-0.25, -0.2) is 0 Å². The number of fused-ring (bicyclic) bond motifs is 1. The number of rotatable bonds is 2. The van der Waals surface area contributed by atoms with E-state index in [0.717, 1.165) is 31.6 Å². The lowest BCUT2D eigenvalue weighted by Crippen LogP contribution is -2.41. The minimum atomic E-state index is -0.0525. The van der Waals surface area contributed by atoms with Crippen molar-refractivity contribution >= 4 is 11.6 Å². The van der Waals surface area contributed by atoms with E-state index < -0.39 is 0 Å². The van der Waals surface area contributed by atoms with Crippen LogP contribution >= 0.6 is 0 Å². The molecule has 1 amide bonds. The van der Waals surface area contributed by atoms with Crippen molar-refractivity contribution in [3.63, 3.8) is 0 Å². The smallest absolute Gasteiger partial charge is 0.245 e. The number of likely N-dealkylation sites (tertiary alicyclic amines) is 1. The quantitative estimate of drug-likeness (QED) is 0.884. The Morgan fingerprint density at radius 3 is 2.84 bits per heavy atom. The molecule has 1 fully saturated rings. The lowest BCUT2D eigenvalue weighted by atomic mass is 9.95. The Bertz CT molecular complexity index is 458. The molecule has 0 aliphatic carbocycles. The van der Waals surface area contributed by atoms with Crippen LogP contribution in [0.2, 0.25) is 0 Å². The number of nitrogens with zero attached hydrogens (tertiary/aromatic N) is 1. The van der Waals surface area contributed by atoms with Crippen LogP contribution < -0.4 is 5.32 Å². The van der Waals surface area contributed by atoms with Crippen molar-refractivity contribution in [2.24, 2.45) is 11.8 Å². The molecule has 2 atom stereocenters. The molecule has 1 aromatic rings. The molecular weight excluding hydrogens is 236 g/mol. The summed E-state index contributed by atoms with van der Waals surface area (Å²) in [5.74, 6) is 1.62. The van der Waals surface area contributed by atoms with Crippen LogP contribution in [-0.2, 0) is 11.2 Å². The molecule has 0 radical (unpaired) electrons. The zero-order chi connectivity index (χ0) is 13.4. The first-order chi connectivity index (χ1) is 9.15. The van der Waals surface area contributed by atoms with Crippen LogP contribution in [0.25, 0.3) is 0 Å². The SMILES string of the molecule is CC(C)C1CCN(C(=O)C2Cc3ccccc3N2)C1. The summed E-state index contributed by atoms with van der Waals surface area (Å²) in [5.41, 5.74) is 2.39. The van der Waals surface area contributed by atoms with Crippen molar-refractivity contribution in [2.45, 2.75) is 32.7 Å². The molecule has 2 heterocycles. The van der Waals surface area contributed by atoms with Gasteiger partial charge in [0.25, 0.3) is 0 Å². The highest BCUT2D eigenvalue weighted by atomic mass is 16.2. The molecule has 0 bridgehead atoms. The number of nitrogens with one attached hydrogen (secondary N) is 1. The molecule has 3 heteroatoms. The predicted octanol–water partition coefficient (Wildman–Crippen LogP) is 2.53. The fraction of sp³-hybridized carbons (Fsp3) is 0.562. The summed E-state index contributed by atoms with van der Waals surface area (Å²) in [6, 6.07) is 8.17. The van der Waals surface area contributed by atoms with E-state index in [1.54, 1.807) is 0 Å². The van der Waals surface area contributed by atoms with Gasteiger partial charge in [0.15, 0.2) is 0 Å². The number of hydrogen-bond acceptors (Lipinski definition) is 2. The molecule has 0 spiro atoms. The molecule has 2 aliphatic rings. The molecule has 3 rings (SSSR count). The van der Waals surface area contributed by atoms with Crippen molar-refractivity contribution in [3.05, 3.63) is 29.8 Å².